The van der Waals surface area contributed by atoms with Gasteiger partial charge in [-0.25, -0.2) is 0 Å². The van der Waals surface area contributed by atoms with E-state index in [0.29, 0.717) is 24.6 Å². The van der Waals surface area contributed by atoms with E-state index in [2.05, 4.69) is 22.5 Å². The van der Waals surface area contributed by atoms with Gasteiger partial charge in [0.15, 0.2) is 5.69 Å². The number of benzene rings is 1. The van der Waals surface area contributed by atoms with Crippen LogP contribution in [0.5, 0.6) is 0 Å². The van der Waals surface area contributed by atoms with Gasteiger partial charge in [0.2, 0.25) is 5.91 Å². The van der Waals surface area contributed by atoms with Crippen LogP contribution in [-0.2, 0) is 36.0 Å². The van der Waals surface area contributed by atoms with E-state index in [4.69, 9.17) is 4.74 Å². The van der Waals surface area contributed by atoms with Crippen molar-refractivity contribution in [2.75, 3.05) is 19.6 Å². The van der Waals surface area contributed by atoms with E-state index in [1.807, 2.05) is 34.8 Å². The molecule has 1 saturated carbocycles. The fourth-order valence-corrected chi connectivity index (χ4v) is 5.11. The zero-order valence-corrected chi connectivity index (χ0v) is 19.5. The van der Waals surface area contributed by atoms with Crippen LogP contribution < -0.4 is 5.32 Å². The molecule has 1 saturated heterocycles. The quantitative estimate of drug-likeness (QED) is 0.704. The Labute approximate surface area is 195 Å². The van der Waals surface area contributed by atoms with Crippen LogP contribution in [0.2, 0.25) is 0 Å². The lowest BCUT2D eigenvalue weighted by atomic mass is 9.83. The molecule has 0 unspecified atom stereocenters. The minimum atomic E-state index is -0.261. The first-order valence-corrected chi connectivity index (χ1v) is 12.3. The molecule has 1 spiro atoms. The Morgan fingerprint density at radius 2 is 1.94 bits per heavy atom. The number of rotatable bonds is 7. The fourth-order valence-electron chi connectivity index (χ4n) is 5.11. The number of aryl methyl sites for hydroxylation is 2. The van der Waals surface area contributed by atoms with Gasteiger partial charge in [0.05, 0.1) is 12.2 Å². The maximum atomic E-state index is 12.7. The van der Waals surface area contributed by atoms with E-state index in [1.54, 1.807) is 0 Å². The molecule has 2 fully saturated rings. The molecule has 3 aliphatic rings. The molecule has 2 aliphatic heterocycles. The molecule has 7 heteroatoms. The first-order chi connectivity index (χ1) is 16.0. The van der Waals surface area contributed by atoms with E-state index in [9.17, 15) is 9.59 Å². The average Bonchev–Trinajstić information content (AvgIpc) is 3.61. The molecule has 1 aromatic heterocycles. The molecule has 176 valence electrons. The molecule has 0 radical (unpaired) electrons. The second kappa shape index (κ2) is 9.29. The predicted octanol–water partition coefficient (Wildman–Crippen LogP) is 3.02. The SMILES string of the molecule is Cn1nc(C(=O)NCC2CC2)c2c1CC1(CCN(C(=O)CCCc3ccccc3)CC1)OC2. The average molecular weight is 451 g/mol. The number of carbonyl (C=O) groups excluding carboxylic acids is 2. The van der Waals surface area contributed by atoms with E-state index < -0.39 is 0 Å². The van der Waals surface area contributed by atoms with Crippen LogP contribution >= 0.6 is 0 Å². The van der Waals surface area contributed by atoms with Crippen molar-refractivity contribution in [2.24, 2.45) is 13.0 Å². The Morgan fingerprint density at radius 1 is 1.18 bits per heavy atom. The number of carbonyl (C=O) groups is 2. The van der Waals surface area contributed by atoms with E-state index >= 15 is 0 Å². The Bertz CT molecular complexity index is 1000. The number of hydrogen-bond acceptors (Lipinski definition) is 4. The number of hydrogen-bond donors (Lipinski definition) is 1. The van der Waals surface area contributed by atoms with Gasteiger partial charge < -0.3 is 15.0 Å². The molecular formula is C26H34N4O3. The zero-order valence-electron chi connectivity index (χ0n) is 19.5. The maximum Gasteiger partial charge on any atom is 0.272 e. The number of piperidine rings is 1. The largest absolute Gasteiger partial charge is 0.370 e. The van der Waals surface area contributed by atoms with Crippen LogP contribution in [0.25, 0.3) is 0 Å². The highest BCUT2D eigenvalue weighted by molar-refractivity contribution is 5.94. The number of aromatic nitrogens is 2. The Kier molecular flexibility index (Phi) is 6.23. The van der Waals surface area contributed by atoms with Crippen LogP contribution in [0, 0.1) is 5.92 Å². The third-order valence-corrected chi connectivity index (χ3v) is 7.48. The van der Waals surface area contributed by atoms with Gasteiger partial charge in [-0.1, -0.05) is 30.3 Å². The number of likely N-dealkylation sites (tertiary alicyclic amines) is 1. The van der Waals surface area contributed by atoms with E-state index in [0.717, 1.165) is 63.0 Å². The molecule has 33 heavy (non-hydrogen) atoms. The summed E-state index contributed by atoms with van der Waals surface area (Å²) >= 11 is 0. The Hall–Kier alpha value is -2.67. The standard InChI is InChI=1S/C26H34N4O3/c1-29-22-16-26(33-18-21(22)24(28-29)25(32)27-17-20-10-11-20)12-14-30(15-13-26)23(31)9-5-8-19-6-3-2-4-7-19/h2-4,6-7,20H,5,8-18H2,1H3,(H,27,32). The molecular weight excluding hydrogens is 416 g/mol. The van der Waals surface area contributed by atoms with Crippen LogP contribution in [0.15, 0.2) is 30.3 Å². The smallest absolute Gasteiger partial charge is 0.272 e. The summed E-state index contributed by atoms with van der Waals surface area (Å²) in [7, 11) is 1.92. The van der Waals surface area contributed by atoms with Crippen LogP contribution in [-0.4, -0.2) is 51.7 Å². The lowest BCUT2D eigenvalue weighted by Gasteiger charge is -2.44. The molecule has 5 rings (SSSR count). The highest BCUT2D eigenvalue weighted by atomic mass is 16.5. The zero-order chi connectivity index (χ0) is 22.8. The number of amides is 2. The van der Waals surface area contributed by atoms with Gasteiger partial charge in [-0.05, 0) is 50.0 Å². The summed E-state index contributed by atoms with van der Waals surface area (Å²) in [6.45, 7) is 2.61. The van der Waals surface area contributed by atoms with Crippen LogP contribution in [0.4, 0.5) is 0 Å². The summed E-state index contributed by atoms with van der Waals surface area (Å²) < 4.78 is 8.22. The van der Waals surface area contributed by atoms with Gasteiger partial charge in [0.1, 0.15) is 0 Å². The Balaban J connectivity index is 1.14. The molecule has 1 aromatic carbocycles. The van der Waals surface area contributed by atoms with Crippen molar-refractivity contribution in [3.63, 3.8) is 0 Å². The molecule has 1 aliphatic carbocycles. The molecule has 1 N–H and O–H groups in total. The topological polar surface area (TPSA) is 76.5 Å². The van der Waals surface area contributed by atoms with Crippen molar-refractivity contribution in [1.82, 2.24) is 20.0 Å². The normalized spacial score (nSPS) is 19.4. The summed E-state index contributed by atoms with van der Waals surface area (Å²) in [5, 5.41) is 7.56. The van der Waals surface area contributed by atoms with Crippen molar-refractivity contribution in [3.8, 4) is 0 Å². The van der Waals surface area contributed by atoms with Gasteiger partial charge in [-0.3, -0.25) is 14.3 Å². The maximum absolute atomic E-state index is 12.7. The van der Waals surface area contributed by atoms with Crippen molar-refractivity contribution in [1.29, 1.82) is 0 Å². The molecule has 7 nitrogen and oxygen atoms in total. The van der Waals surface area contributed by atoms with Gasteiger partial charge >= 0.3 is 0 Å². The second-order valence-electron chi connectivity index (χ2n) is 9.92. The predicted molar refractivity (Wildman–Crippen MR) is 125 cm³/mol. The third kappa shape index (κ3) is 4.98. The van der Waals surface area contributed by atoms with Crippen molar-refractivity contribution in [2.45, 2.75) is 63.6 Å². The molecule has 0 bridgehead atoms. The molecule has 2 amide bonds. The van der Waals surface area contributed by atoms with Gasteiger partial charge in [-0.2, -0.15) is 5.10 Å². The van der Waals surface area contributed by atoms with Crippen molar-refractivity contribution < 1.29 is 14.3 Å². The minimum Gasteiger partial charge on any atom is -0.370 e. The fraction of sp³-hybridized carbons (Fsp3) is 0.577. The molecule has 2 aromatic rings. The third-order valence-electron chi connectivity index (χ3n) is 7.48. The highest BCUT2D eigenvalue weighted by Crippen LogP contribution is 2.37. The lowest BCUT2D eigenvalue weighted by molar-refractivity contribution is -0.141. The second-order valence-corrected chi connectivity index (χ2v) is 9.92. The van der Waals surface area contributed by atoms with Crippen LogP contribution in [0.1, 0.15) is 65.8 Å². The summed E-state index contributed by atoms with van der Waals surface area (Å²) in [5.74, 6) is 0.792. The van der Waals surface area contributed by atoms with Gasteiger partial charge in [-0.15, -0.1) is 0 Å². The number of nitrogens with zero attached hydrogens (tertiary/aromatic N) is 3. The van der Waals surface area contributed by atoms with E-state index in [1.165, 1.54) is 18.4 Å². The van der Waals surface area contributed by atoms with Gasteiger partial charge in [0, 0.05) is 50.8 Å². The number of ether oxygens (including phenoxy) is 1. The molecule has 0 atom stereocenters. The van der Waals surface area contributed by atoms with Crippen LogP contribution in [0.3, 0.4) is 0 Å². The minimum absolute atomic E-state index is 0.0887. The number of fused-ring (bicyclic) bond motifs is 1. The van der Waals surface area contributed by atoms with Gasteiger partial charge in [0.25, 0.3) is 5.91 Å². The molecule has 3 heterocycles. The summed E-state index contributed by atoms with van der Waals surface area (Å²) in [6.07, 6.45) is 7.22. The van der Waals surface area contributed by atoms with E-state index in [-0.39, 0.29) is 17.4 Å². The summed E-state index contributed by atoms with van der Waals surface area (Å²) in [5.41, 5.74) is 3.56. The first kappa shape index (κ1) is 22.1. The first-order valence-electron chi connectivity index (χ1n) is 12.3. The highest BCUT2D eigenvalue weighted by Gasteiger charge is 2.42. The summed E-state index contributed by atoms with van der Waals surface area (Å²) in [4.78, 5) is 27.4. The number of nitrogens with one attached hydrogen (secondary N) is 1. The van der Waals surface area contributed by atoms with Crippen molar-refractivity contribution in [3.05, 3.63) is 52.8 Å². The van der Waals surface area contributed by atoms with Crippen molar-refractivity contribution >= 4 is 11.8 Å². The summed E-state index contributed by atoms with van der Waals surface area (Å²) in [6, 6.07) is 10.3. The monoisotopic (exact) mass is 450 g/mol. The lowest BCUT2D eigenvalue weighted by Crippen LogP contribution is -2.50. The Morgan fingerprint density at radius 3 is 2.67 bits per heavy atom.